The van der Waals surface area contributed by atoms with E-state index >= 15 is 0 Å². The van der Waals surface area contributed by atoms with Crippen LogP contribution in [0.5, 0.6) is 5.75 Å². The maximum atomic E-state index is 12.5. The minimum Gasteiger partial charge on any atom is -0.494 e. The van der Waals surface area contributed by atoms with Crippen LogP contribution in [0.1, 0.15) is 13.3 Å². The largest absolute Gasteiger partial charge is 0.494 e. The third kappa shape index (κ3) is 3.94. The summed E-state index contributed by atoms with van der Waals surface area (Å²) in [5, 5.41) is 3.53. The molecule has 5 nitrogen and oxygen atoms in total. The first-order chi connectivity index (χ1) is 12.5. The topological polar surface area (TPSA) is 58.6 Å². The third-order valence-electron chi connectivity index (χ3n) is 4.15. The van der Waals surface area contributed by atoms with Crippen molar-refractivity contribution in [2.24, 2.45) is 5.92 Å². The number of carbonyl (C=O) groups excluding carboxylic acids is 2. The van der Waals surface area contributed by atoms with Gasteiger partial charge in [0.25, 0.3) is 0 Å². The van der Waals surface area contributed by atoms with Gasteiger partial charge in [0.2, 0.25) is 11.8 Å². The lowest BCUT2D eigenvalue weighted by molar-refractivity contribution is -0.122. The quantitative estimate of drug-likeness (QED) is 0.820. The summed E-state index contributed by atoms with van der Waals surface area (Å²) in [4.78, 5) is 26.4. The van der Waals surface area contributed by atoms with Gasteiger partial charge in [0, 0.05) is 18.7 Å². The van der Waals surface area contributed by atoms with Crippen LogP contribution < -0.4 is 15.0 Å². The molecule has 1 N–H and O–H groups in total. The average Bonchev–Trinajstić information content (AvgIpc) is 3.01. The Morgan fingerprint density at radius 2 is 1.96 bits per heavy atom. The molecule has 26 heavy (non-hydrogen) atoms. The normalized spacial score (nSPS) is 16.7. The van der Waals surface area contributed by atoms with Gasteiger partial charge in [-0.05, 0) is 43.3 Å². The fourth-order valence-electron chi connectivity index (χ4n) is 2.86. The van der Waals surface area contributed by atoms with E-state index in [0.717, 1.165) is 5.75 Å². The Balaban J connectivity index is 1.68. The molecule has 2 amide bonds. The van der Waals surface area contributed by atoms with Crippen molar-refractivity contribution in [3.8, 4) is 5.75 Å². The van der Waals surface area contributed by atoms with Crippen molar-refractivity contribution in [2.45, 2.75) is 13.3 Å². The number of halogens is 2. The number of nitrogens with zero attached hydrogens (tertiary/aromatic N) is 1. The first-order valence-electron chi connectivity index (χ1n) is 8.27. The van der Waals surface area contributed by atoms with Crippen LogP contribution in [0.4, 0.5) is 11.4 Å². The molecule has 0 spiro atoms. The molecule has 1 unspecified atom stereocenters. The monoisotopic (exact) mass is 392 g/mol. The Bertz CT molecular complexity index is 824. The van der Waals surface area contributed by atoms with E-state index in [2.05, 4.69) is 5.32 Å². The highest BCUT2D eigenvalue weighted by Crippen LogP contribution is 2.35. The molecule has 0 saturated carbocycles. The lowest BCUT2D eigenvalue weighted by Gasteiger charge is -2.18. The molecule has 1 fully saturated rings. The molecular weight excluding hydrogens is 375 g/mol. The van der Waals surface area contributed by atoms with E-state index in [0.29, 0.717) is 28.0 Å². The van der Waals surface area contributed by atoms with Crippen molar-refractivity contribution < 1.29 is 14.3 Å². The number of benzene rings is 2. The van der Waals surface area contributed by atoms with E-state index in [1.807, 2.05) is 6.92 Å². The average molecular weight is 393 g/mol. The Morgan fingerprint density at radius 3 is 2.65 bits per heavy atom. The smallest absolute Gasteiger partial charge is 0.229 e. The SMILES string of the molecule is CCOc1ccc(NC(=O)C2CC(=O)N(c3cccc(Cl)c3Cl)C2)cc1. The zero-order chi connectivity index (χ0) is 18.7. The third-order valence-corrected chi connectivity index (χ3v) is 4.96. The summed E-state index contributed by atoms with van der Waals surface area (Å²) in [5.41, 5.74) is 1.19. The van der Waals surface area contributed by atoms with Crippen molar-refractivity contribution >= 4 is 46.4 Å². The number of rotatable bonds is 5. The molecule has 136 valence electrons. The standard InChI is InChI=1S/C19H18Cl2N2O3/c1-2-26-14-8-6-13(7-9-14)22-19(25)12-10-17(24)23(11-12)16-5-3-4-15(20)18(16)21/h3-9,12H,2,10-11H2,1H3,(H,22,25). The van der Waals surface area contributed by atoms with Crippen molar-refractivity contribution in [1.29, 1.82) is 0 Å². The molecule has 7 heteroatoms. The Labute approximate surface area is 161 Å². The first-order valence-corrected chi connectivity index (χ1v) is 9.03. The molecule has 1 saturated heterocycles. The van der Waals surface area contributed by atoms with E-state index in [1.54, 1.807) is 42.5 Å². The van der Waals surface area contributed by atoms with Gasteiger partial charge in [0.05, 0.1) is 28.3 Å². The lowest BCUT2D eigenvalue weighted by atomic mass is 10.1. The van der Waals surface area contributed by atoms with Crippen molar-refractivity contribution in [3.05, 3.63) is 52.5 Å². The van der Waals surface area contributed by atoms with E-state index in [4.69, 9.17) is 27.9 Å². The van der Waals surface area contributed by atoms with Crippen LogP contribution in [0.15, 0.2) is 42.5 Å². The summed E-state index contributed by atoms with van der Waals surface area (Å²) >= 11 is 12.2. The van der Waals surface area contributed by atoms with E-state index in [-0.39, 0.29) is 24.8 Å². The predicted molar refractivity (Wildman–Crippen MR) is 103 cm³/mol. The number of hydrogen-bond donors (Lipinski definition) is 1. The van der Waals surface area contributed by atoms with E-state index in [1.165, 1.54) is 4.90 Å². The molecule has 1 atom stereocenters. The second-order valence-electron chi connectivity index (χ2n) is 5.92. The fraction of sp³-hybridized carbons (Fsp3) is 0.263. The summed E-state index contributed by atoms with van der Waals surface area (Å²) in [6.07, 6.45) is 0.131. The van der Waals surface area contributed by atoms with E-state index in [9.17, 15) is 9.59 Å². The van der Waals surface area contributed by atoms with Gasteiger partial charge in [-0.1, -0.05) is 29.3 Å². The van der Waals surface area contributed by atoms with Crippen molar-refractivity contribution in [3.63, 3.8) is 0 Å². The Morgan fingerprint density at radius 1 is 1.23 bits per heavy atom. The second-order valence-corrected chi connectivity index (χ2v) is 6.71. The maximum absolute atomic E-state index is 12.5. The highest BCUT2D eigenvalue weighted by Gasteiger charge is 2.36. The minimum atomic E-state index is -0.455. The Hall–Kier alpha value is -2.24. The van der Waals surface area contributed by atoms with Crippen LogP contribution in [0.25, 0.3) is 0 Å². The zero-order valence-corrected chi connectivity index (χ0v) is 15.7. The molecule has 0 aliphatic carbocycles. The predicted octanol–water partition coefficient (Wildman–Crippen LogP) is 4.38. The number of hydrogen-bond acceptors (Lipinski definition) is 3. The number of ether oxygens (including phenoxy) is 1. The van der Waals surface area contributed by atoms with Crippen LogP contribution in [-0.4, -0.2) is 25.0 Å². The molecule has 1 heterocycles. The molecule has 2 aromatic rings. The van der Waals surface area contributed by atoms with Crippen LogP contribution in [0.3, 0.4) is 0 Å². The van der Waals surface area contributed by atoms with Gasteiger partial charge >= 0.3 is 0 Å². The molecule has 2 aromatic carbocycles. The van der Waals surface area contributed by atoms with E-state index < -0.39 is 5.92 Å². The highest BCUT2D eigenvalue weighted by molar-refractivity contribution is 6.44. The number of nitrogens with one attached hydrogen (secondary N) is 1. The minimum absolute atomic E-state index is 0.131. The summed E-state index contributed by atoms with van der Waals surface area (Å²) in [6.45, 7) is 2.75. The highest BCUT2D eigenvalue weighted by atomic mass is 35.5. The molecule has 1 aliphatic heterocycles. The van der Waals surface area contributed by atoms with Crippen molar-refractivity contribution in [1.82, 2.24) is 0 Å². The number of amides is 2. The summed E-state index contributed by atoms with van der Waals surface area (Å²) in [6, 6.07) is 12.2. The molecule has 0 aromatic heterocycles. The van der Waals surface area contributed by atoms with Crippen LogP contribution >= 0.6 is 23.2 Å². The molecule has 0 bridgehead atoms. The summed E-state index contributed by atoms with van der Waals surface area (Å²) in [7, 11) is 0. The van der Waals surface area contributed by atoms with Gasteiger partial charge in [-0.25, -0.2) is 0 Å². The summed E-state index contributed by atoms with van der Waals surface area (Å²) < 4.78 is 5.38. The molecule has 1 aliphatic rings. The second kappa shape index (κ2) is 7.98. The Kier molecular flexibility index (Phi) is 5.69. The van der Waals surface area contributed by atoms with Gasteiger partial charge in [-0.15, -0.1) is 0 Å². The summed E-state index contributed by atoms with van der Waals surface area (Å²) in [5.74, 6) is -0.0726. The first kappa shape index (κ1) is 18.5. The van der Waals surface area contributed by atoms with Crippen LogP contribution in [0.2, 0.25) is 10.0 Å². The zero-order valence-electron chi connectivity index (χ0n) is 14.2. The fourth-order valence-corrected chi connectivity index (χ4v) is 3.26. The number of anilines is 2. The van der Waals surface area contributed by atoms with Gasteiger partial charge < -0.3 is 15.0 Å². The van der Waals surface area contributed by atoms with Crippen LogP contribution in [0, 0.1) is 5.92 Å². The maximum Gasteiger partial charge on any atom is 0.229 e. The van der Waals surface area contributed by atoms with Crippen LogP contribution in [-0.2, 0) is 9.59 Å². The van der Waals surface area contributed by atoms with Crippen molar-refractivity contribution in [2.75, 3.05) is 23.4 Å². The lowest BCUT2D eigenvalue weighted by Crippen LogP contribution is -2.28. The van der Waals surface area contributed by atoms with Gasteiger partial charge in [0.15, 0.2) is 0 Å². The number of carbonyl (C=O) groups is 2. The molecular formula is C19H18Cl2N2O3. The van der Waals surface area contributed by atoms with Gasteiger partial charge in [-0.2, -0.15) is 0 Å². The molecule has 0 radical (unpaired) electrons. The van der Waals surface area contributed by atoms with Gasteiger partial charge in [-0.3, -0.25) is 9.59 Å². The van der Waals surface area contributed by atoms with Gasteiger partial charge in [0.1, 0.15) is 5.75 Å². The molecule has 3 rings (SSSR count).